The zero-order chi connectivity index (χ0) is 15.4. The van der Waals surface area contributed by atoms with Crippen LogP contribution in [0.1, 0.15) is 0 Å². The molecule has 0 aliphatic heterocycles. The van der Waals surface area contributed by atoms with Crippen LogP contribution in [0.2, 0.25) is 0 Å². The van der Waals surface area contributed by atoms with Gasteiger partial charge < -0.3 is 24.0 Å². The van der Waals surface area contributed by atoms with Crippen molar-refractivity contribution >= 4 is 45.8 Å². The molecule has 0 nitrogen and oxygen atoms in total. The molecule has 0 aromatic heterocycles. The van der Waals surface area contributed by atoms with E-state index in [-0.39, 0.29) is 29.8 Å². The van der Waals surface area contributed by atoms with Crippen LogP contribution in [0.15, 0.2) is 84.9 Å². The predicted octanol–water partition coefficient (Wildman–Crippen LogP) is 1.52. The van der Waals surface area contributed by atoms with Gasteiger partial charge in [0.1, 0.15) is 27.3 Å². The number of hydrogen-bond acceptors (Lipinski definition) is 0. The van der Waals surface area contributed by atoms with E-state index < -0.39 is 7.26 Å². The summed E-state index contributed by atoms with van der Waals surface area (Å²) < 4.78 is 15.5. The minimum absolute atomic E-state index is 0. The van der Waals surface area contributed by atoms with Crippen LogP contribution in [0.3, 0.4) is 0 Å². The average Bonchev–Trinajstić information content (AvgIpc) is 2.59. The third kappa shape index (κ3) is 3.62. The molecule has 0 amide bonds. The van der Waals surface area contributed by atoms with Crippen LogP contribution in [0, 0.1) is 5.82 Å². The zero-order valence-electron chi connectivity index (χ0n) is 12.4. The van der Waals surface area contributed by atoms with E-state index in [4.69, 9.17) is 0 Å². The van der Waals surface area contributed by atoms with Gasteiger partial charge in [-0.3, -0.25) is 0 Å². The molecule has 0 atom stereocenters. The molecule has 0 N–H and O–H groups in total. The fourth-order valence-electron chi connectivity index (χ4n) is 2.76. The second-order valence-electron chi connectivity index (χ2n) is 5.05. The molecule has 0 aliphatic carbocycles. The summed E-state index contributed by atoms with van der Waals surface area (Å²) in [4.78, 5) is 0. The molecule has 3 rings (SSSR count). The molecule has 0 radical (unpaired) electrons. The molecule has 3 aromatic carbocycles. The highest BCUT2D eigenvalue weighted by molar-refractivity contribution is 14.1. The summed E-state index contributed by atoms with van der Waals surface area (Å²) in [5.41, 5.74) is 0. The van der Waals surface area contributed by atoms with Crippen LogP contribution in [-0.4, -0.2) is 4.17 Å². The zero-order valence-corrected chi connectivity index (χ0v) is 17.6. The first-order valence-electron chi connectivity index (χ1n) is 7.09. The topological polar surface area (TPSA) is 0 Å². The van der Waals surface area contributed by atoms with Gasteiger partial charge in [-0.15, -0.1) is 0 Å². The molecule has 0 heterocycles. The number of alkyl halides is 1. The second-order valence-corrected chi connectivity index (χ2v) is 10.5. The van der Waals surface area contributed by atoms with Crippen LogP contribution in [0.4, 0.5) is 4.39 Å². The van der Waals surface area contributed by atoms with Gasteiger partial charge >= 0.3 is 0 Å². The maximum atomic E-state index is 14.7. The quantitative estimate of drug-likeness (QED) is 0.264. The van der Waals surface area contributed by atoms with E-state index in [9.17, 15) is 4.39 Å². The van der Waals surface area contributed by atoms with E-state index in [1.165, 1.54) is 10.6 Å². The highest BCUT2D eigenvalue weighted by Crippen LogP contribution is 2.57. The van der Waals surface area contributed by atoms with E-state index in [1.807, 2.05) is 48.5 Å². The SMILES string of the molecule is Fc1ccccc1[P+](CI)(c1ccccc1)c1ccccc1.[I-]. The first-order chi connectivity index (χ1) is 10.8. The summed E-state index contributed by atoms with van der Waals surface area (Å²) in [6, 6.07) is 27.9. The largest absolute Gasteiger partial charge is 1.00 e. The van der Waals surface area contributed by atoms with Gasteiger partial charge in [-0.2, -0.15) is 0 Å². The first-order valence-corrected chi connectivity index (χ1v) is 10.6. The van der Waals surface area contributed by atoms with Gasteiger partial charge in [-0.05, 0) is 59.0 Å². The van der Waals surface area contributed by atoms with Crippen LogP contribution in [0.25, 0.3) is 0 Å². The van der Waals surface area contributed by atoms with Crippen molar-refractivity contribution in [3.05, 3.63) is 90.7 Å². The average molecular weight is 548 g/mol. The second kappa shape index (κ2) is 8.54. The smallest absolute Gasteiger partial charge is 0.166 e. The Morgan fingerprint density at radius 3 is 1.57 bits per heavy atom. The van der Waals surface area contributed by atoms with Crippen LogP contribution < -0.4 is 39.9 Å². The summed E-state index contributed by atoms with van der Waals surface area (Å²) in [5.74, 6) is -0.111. The van der Waals surface area contributed by atoms with Gasteiger partial charge in [-0.1, -0.05) is 48.5 Å². The summed E-state index contributed by atoms with van der Waals surface area (Å²) in [6.45, 7) is 0. The lowest BCUT2D eigenvalue weighted by atomic mass is 10.3. The molecule has 0 aliphatic rings. The molecule has 0 spiro atoms. The van der Waals surface area contributed by atoms with E-state index in [2.05, 4.69) is 46.9 Å². The predicted molar refractivity (Wildman–Crippen MR) is 104 cm³/mol. The molecule has 3 aromatic rings. The Bertz CT molecular complexity index is 708. The maximum absolute atomic E-state index is 14.7. The Labute approximate surface area is 168 Å². The van der Waals surface area contributed by atoms with Crippen molar-refractivity contribution in [2.45, 2.75) is 0 Å². The van der Waals surface area contributed by atoms with E-state index in [0.29, 0.717) is 0 Å². The number of halogens is 3. The van der Waals surface area contributed by atoms with Crippen molar-refractivity contribution in [3.63, 3.8) is 0 Å². The van der Waals surface area contributed by atoms with Crippen LogP contribution in [-0.2, 0) is 0 Å². The molecule has 23 heavy (non-hydrogen) atoms. The normalized spacial score (nSPS) is 10.9. The highest BCUT2D eigenvalue weighted by Gasteiger charge is 2.46. The lowest BCUT2D eigenvalue weighted by Crippen LogP contribution is -3.00. The molecular formula is C19H16FI2P. The Morgan fingerprint density at radius 1 is 0.696 bits per heavy atom. The Kier molecular flexibility index (Phi) is 6.99. The maximum Gasteiger partial charge on any atom is 0.166 e. The number of benzene rings is 3. The van der Waals surface area contributed by atoms with Gasteiger partial charge in [0.25, 0.3) is 0 Å². The summed E-state index contributed by atoms with van der Waals surface area (Å²) in [5, 5.41) is 3.28. The monoisotopic (exact) mass is 548 g/mol. The molecule has 4 heteroatoms. The fraction of sp³-hybridized carbons (Fsp3) is 0.0526. The van der Waals surface area contributed by atoms with Crippen molar-refractivity contribution < 1.29 is 28.4 Å². The lowest BCUT2D eigenvalue weighted by molar-refractivity contribution is -0.00000473. The Hall–Kier alpha value is -0.520. The highest BCUT2D eigenvalue weighted by atomic mass is 127. The standard InChI is InChI=1S/C19H16FIP.HI/c20-18-13-7-8-14-19(18)22(15-21,16-9-3-1-4-10-16)17-11-5-2-6-12-17;/h1-14H,15H2;1H/q+1;/p-1. The molecule has 0 fully saturated rings. The van der Waals surface area contributed by atoms with Crippen LogP contribution >= 0.6 is 29.9 Å². The Morgan fingerprint density at radius 2 is 1.13 bits per heavy atom. The van der Waals surface area contributed by atoms with E-state index >= 15 is 0 Å². The van der Waals surface area contributed by atoms with Gasteiger partial charge in [0.05, 0.1) is 0 Å². The van der Waals surface area contributed by atoms with Gasteiger partial charge in [-0.25, -0.2) is 4.39 Å². The lowest BCUT2D eigenvalue weighted by Gasteiger charge is -2.25. The van der Waals surface area contributed by atoms with E-state index in [0.717, 1.165) is 9.47 Å². The molecule has 0 saturated heterocycles. The summed E-state index contributed by atoms with van der Waals surface area (Å²) >= 11 is 2.41. The minimum atomic E-state index is -1.96. The first kappa shape index (κ1) is 18.8. The van der Waals surface area contributed by atoms with Crippen LogP contribution in [0.5, 0.6) is 0 Å². The fourth-order valence-corrected chi connectivity index (χ4v) is 9.62. The number of rotatable bonds is 4. The number of hydrogen-bond donors (Lipinski definition) is 0. The van der Waals surface area contributed by atoms with E-state index in [1.54, 1.807) is 12.1 Å². The summed E-state index contributed by atoms with van der Waals surface area (Å²) in [6.07, 6.45) is 0. The third-order valence-electron chi connectivity index (χ3n) is 3.84. The molecule has 0 bridgehead atoms. The van der Waals surface area contributed by atoms with Crippen molar-refractivity contribution in [1.82, 2.24) is 0 Å². The summed E-state index contributed by atoms with van der Waals surface area (Å²) in [7, 11) is -1.96. The van der Waals surface area contributed by atoms with Crippen molar-refractivity contribution in [2.75, 3.05) is 4.17 Å². The van der Waals surface area contributed by atoms with Crippen molar-refractivity contribution in [2.24, 2.45) is 0 Å². The molecular weight excluding hydrogens is 532 g/mol. The van der Waals surface area contributed by atoms with Gasteiger partial charge in [0.15, 0.2) is 5.82 Å². The molecule has 0 saturated carbocycles. The van der Waals surface area contributed by atoms with Crippen molar-refractivity contribution in [3.8, 4) is 0 Å². The van der Waals surface area contributed by atoms with Gasteiger partial charge in [0, 0.05) is 0 Å². The van der Waals surface area contributed by atoms with Crippen molar-refractivity contribution in [1.29, 1.82) is 0 Å². The molecule has 118 valence electrons. The third-order valence-corrected chi connectivity index (χ3v) is 10.8. The Balaban J connectivity index is 0.00000192. The molecule has 0 unspecified atom stereocenters. The van der Waals surface area contributed by atoms with Gasteiger partial charge in [0.2, 0.25) is 0 Å². The minimum Gasteiger partial charge on any atom is -1.00 e.